The molecule has 0 radical (unpaired) electrons. The number of carbonyl (C=O) groups is 1. The molecule has 1 amide bonds. The van der Waals surface area contributed by atoms with E-state index < -0.39 is 29.7 Å². The zero-order chi connectivity index (χ0) is 20.4. The van der Waals surface area contributed by atoms with Crippen LogP contribution >= 0.6 is 0 Å². The first-order valence-electron chi connectivity index (χ1n) is 8.81. The molecular formula is C18H26F3N3O3. The molecule has 0 aliphatic carbocycles. The highest BCUT2D eigenvalue weighted by atomic mass is 19.4. The Hall–Kier alpha value is -1.87. The Bertz CT molecular complexity index is 661. The van der Waals surface area contributed by atoms with Crippen molar-refractivity contribution >= 4 is 6.09 Å². The summed E-state index contributed by atoms with van der Waals surface area (Å²) in [6.45, 7) is 8.78. The van der Waals surface area contributed by atoms with E-state index in [9.17, 15) is 23.1 Å². The van der Waals surface area contributed by atoms with Crippen molar-refractivity contribution in [1.29, 1.82) is 0 Å². The van der Waals surface area contributed by atoms with Gasteiger partial charge in [-0.1, -0.05) is 6.07 Å². The van der Waals surface area contributed by atoms with Crippen LogP contribution < -0.4 is 0 Å². The summed E-state index contributed by atoms with van der Waals surface area (Å²) in [6.07, 6.45) is -6.09. The van der Waals surface area contributed by atoms with Crippen LogP contribution in [0.4, 0.5) is 18.0 Å². The lowest BCUT2D eigenvalue weighted by atomic mass is 10.1. The number of carbonyl (C=O) groups excluding carboxylic acids is 1. The summed E-state index contributed by atoms with van der Waals surface area (Å²) in [7, 11) is 0. The number of piperazine rings is 1. The number of β-amino-alcohol motifs (C(OH)–C–C–N with tert-alkyl or cyclic N) is 1. The predicted molar refractivity (Wildman–Crippen MR) is 93.0 cm³/mol. The summed E-state index contributed by atoms with van der Waals surface area (Å²) in [6, 6.07) is 3.34. The van der Waals surface area contributed by atoms with Gasteiger partial charge in [0.15, 0.2) is 0 Å². The van der Waals surface area contributed by atoms with Crippen molar-refractivity contribution in [2.75, 3.05) is 26.2 Å². The Morgan fingerprint density at radius 3 is 2.56 bits per heavy atom. The highest BCUT2D eigenvalue weighted by molar-refractivity contribution is 5.68. The number of amides is 1. The van der Waals surface area contributed by atoms with E-state index in [0.29, 0.717) is 19.6 Å². The van der Waals surface area contributed by atoms with E-state index in [1.54, 1.807) is 25.7 Å². The number of rotatable bonds is 3. The molecule has 2 atom stereocenters. The predicted octanol–water partition coefficient (Wildman–Crippen LogP) is 3.08. The topological polar surface area (TPSA) is 65.9 Å². The van der Waals surface area contributed by atoms with Gasteiger partial charge in [-0.15, -0.1) is 0 Å². The van der Waals surface area contributed by atoms with Gasteiger partial charge in [0.05, 0.1) is 5.69 Å². The van der Waals surface area contributed by atoms with Crippen LogP contribution in [-0.4, -0.2) is 63.8 Å². The van der Waals surface area contributed by atoms with Crippen molar-refractivity contribution < 1.29 is 27.8 Å². The van der Waals surface area contributed by atoms with Gasteiger partial charge >= 0.3 is 12.3 Å². The molecule has 1 aliphatic heterocycles. The zero-order valence-electron chi connectivity index (χ0n) is 16.0. The molecule has 1 aliphatic rings. The van der Waals surface area contributed by atoms with E-state index in [-0.39, 0.29) is 18.3 Å². The summed E-state index contributed by atoms with van der Waals surface area (Å²) in [5.74, 6) is 0. The molecule has 1 unspecified atom stereocenters. The van der Waals surface area contributed by atoms with Crippen LogP contribution in [0.25, 0.3) is 0 Å². The average molecular weight is 389 g/mol. The third-order valence-electron chi connectivity index (χ3n) is 4.17. The lowest BCUT2D eigenvalue weighted by molar-refractivity contribution is -0.141. The highest BCUT2D eigenvalue weighted by Crippen LogP contribution is 2.28. The molecule has 27 heavy (non-hydrogen) atoms. The number of alkyl halides is 3. The number of aromatic nitrogens is 1. The summed E-state index contributed by atoms with van der Waals surface area (Å²) in [5.41, 5.74) is -1.63. The number of aliphatic hydroxyl groups excluding tert-OH is 1. The Kier molecular flexibility index (Phi) is 6.36. The number of aliphatic hydroxyl groups is 1. The van der Waals surface area contributed by atoms with Gasteiger partial charge in [0, 0.05) is 32.2 Å². The standard InChI is InChI=1S/C18H26F3N3O3/c1-12-10-23(8-9-24(12)16(26)27-17(2,3)4)11-14(25)13-6-5-7-15(22-13)18(19,20)21/h5-7,12,14,25H,8-11H2,1-4H3/t12-,14?/m1/s1. The van der Waals surface area contributed by atoms with E-state index in [4.69, 9.17) is 4.74 Å². The third kappa shape index (κ3) is 6.07. The molecule has 1 aromatic heterocycles. The quantitative estimate of drug-likeness (QED) is 0.861. The minimum atomic E-state index is -4.55. The molecule has 1 fully saturated rings. The van der Waals surface area contributed by atoms with Crippen molar-refractivity contribution in [2.45, 2.75) is 51.6 Å². The van der Waals surface area contributed by atoms with Gasteiger partial charge in [-0.05, 0) is 39.8 Å². The zero-order valence-corrected chi connectivity index (χ0v) is 16.0. The number of pyridine rings is 1. The second-order valence-electron chi connectivity index (χ2n) is 7.74. The lowest BCUT2D eigenvalue weighted by Gasteiger charge is -2.40. The fourth-order valence-electron chi connectivity index (χ4n) is 2.92. The van der Waals surface area contributed by atoms with E-state index in [2.05, 4.69) is 4.98 Å². The number of halogens is 3. The van der Waals surface area contributed by atoms with E-state index in [0.717, 1.165) is 6.07 Å². The van der Waals surface area contributed by atoms with Gasteiger partial charge in [-0.2, -0.15) is 13.2 Å². The van der Waals surface area contributed by atoms with Crippen LogP contribution in [0.15, 0.2) is 18.2 Å². The number of nitrogens with zero attached hydrogens (tertiary/aromatic N) is 3. The summed E-state index contributed by atoms with van der Waals surface area (Å²) >= 11 is 0. The Balaban J connectivity index is 1.95. The van der Waals surface area contributed by atoms with Gasteiger partial charge in [-0.3, -0.25) is 4.90 Å². The minimum absolute atomic E-state index is 0.0213. The molecule has 1 aromatic rings. The molecule has 2 rings (SSSR count). The molecule has 9 heteroatoms. The van der Waals surface area contributed by atoms with E-state index in [1.165, 1.54) is 12.1 Å². The van der Waals surface area contributed by atoms with Crippen molar-refractivity contribution in [3.05, 3.63) is 29.6 Å². The third-order valence-corrected chi connectivity index (χ3v) is 4.17. The number of hydrogen-bond donors (Lipinski definition) is 1. The van der Waals surface area contributed by atoms with Crippen molar-refractivity contribution in [2.24, 2.45) is 0 Å². The van der Waals surface area contributed by atoms with Crippen LogP contribution in [-0.2, 0) is 10.9 Å². The first-order chi connectivity index (χ1) is 12.4. The molecule has 1 saturated heterocycles. The molecule has 6 nitrogen and oxygen atoms in total. The smallest absolute Gasteiger partial charge is 0.433 e. The maximum Gasteiger partial charge on any atom is 0.433 e. The molecule has 2 heterocycles. The second-order valence-corrected chi connectivity index (χ2v) is 7.74. The van der Waals surface area contributed by atoms with Gasteiger partial charge < -0.3 is 14.7 Å². The monoisotopic (exact) mass is 389 g/mol. The molecule has 0 spiro atoms. The van der Waals surface area contributed by atoms with Crippen LogP contribution in [0.2, 0.25) is 0 Å². The maximum absolute atomic E-state index is 12.8. The first-order valence-corrected chi connectivity index (χ1v) is 8.81. The highest BCUT2D eigenvalue weighted by Gasteiger charge is 2.34. The molecular weight excluding hydrogens is 363 g/mol. The number of ether oxygens (including phenoxy) is 1. The molecule has 0 aromatic carbocycles. The fraction of sp³-hybridized carbons (Fsp3) is 0.667. The summed E-state index contributed by atoms with van der Waals surface area (Å²) in [5, 5.41) is 10.3. The Labute approximate surface area is 156 Å². The van der Waals surface area contributed by atoms with E-state index in [1.807, 2.05) is 11.8 Å². The van der Waals surface area contributed by atoms with Gasteiger partial charge in [0.25, 0.3) is 0 Å². The first kappa shape index (κ1) is 21.4. The van der Waals surface area contributed by atoms with E-state index >= 15 is 0 Å². The Morgan fingerprint density at radius 2 is 2.00 bits per heavy atom. The molecule has 0 bridgehead atoms. The average Bonchev–Trinajstić information content (AvgIpc) is 2.52. The van der Waals surface area contributed by atoms with Crippen LogP contribution in [0.5, 0.6) is 0 Å². The van der Waals surface area contributed by atoms with Crippen molar-refractivity contribution in [3.63, 3.8) is 0 Å². The SMILES string of the molecule is C[C@@H]1CN(CC(O)c2cccc(C(F)(F)F)n2)CCN1C(=O)OC(C)(C)C. The summed E-state index contributed by atoms with van der Waals surface area (Å²) < 4.78 is 43.7. The molecule has 152 valence electrons. The molecule has 1 N–H and O–H groups in total. The second kappa shape index (κ2) is 8.02. The van der Waals surface area contributed by atoms with Crippen molar-refractivity contribution in [1.82, 2.24) is 14.8 Å². The number of hydrogen-bond acceptors (Lipinski definition) is 5. The fourth-order valence-corrected chi connectivity index (χ4v) is 2.92. The minimum Gasteiger partial charge on any atom is -0.444 e. The van der Waals surface area contributed by atoms with Gasteiger partial charge in [0.2, 0.25) is 0 Å². The Morgan fingerprint density at radius 1 is 1.33 bits per heavy atom. The van der Waals surface area contributed by atoms with Crippen LogP contribution in [0, 0.1) is 0 Å². The lowest BCUT2D eigenvalue weighted by Crippen LogP contribution is -2.55. The largest absolute Gasteiger partial charge is 0.444 e. The van der Waals surface area contributed by atoms with Crippen LogP contribution in [0.3, 0.4) is 0 Å². The van der Waals surface area contributed by atoms with Crippen molar-refractivity contribution in [3.8, 4) is 0 Å². The van der Waals surface area contributed by atoms with Gasteiger partial charge in [0.1, 0.15) is 17.4 Å². The maximum atomic E-state index is 12.8. The molecule has 0 saturated carbocycles. The summed E-state index contributed by atoms with van der Waals surface area (Å²) in [4.78, 5) is 19.3. The van der Waals surface area contributed by atoms with Crippen LogP contribution in [0.1, 0.15) is 45.2 Å². The normalized spacial score (nSPS) is 20.4. The van der Waals surface area contributed by atoms with Gasteiger partial charge in [-0.25, -0.2) is 9.78 Å².